The number of hydrogen-bond acceptors (Lipinski definition) is 14. The van der Waals surface area contributed by atoms with Gasteiger partial charge in [-0.15, -0.1) is 0 Å². The molecule has 0 aliphatic carbocycles. The number of aliphatic hydroxyl groups is 2. The molecule has 18 heteroatoms. The number of phosphoric ester groups is 2. The zero-order valence-electron chi connectivity index (χ0n) is 55.3. The van der Waals surface area contributed by atoms with Crippen LogP contribution >= 0.6 is 15.6 Å². The largest absolute Gasteiger partial charge is 0.472 e. The highest BCUT2D eigenvalue weighted by atomic mass is 31.2. The second kappa shape index (κ2) is 64.3. The Balaban J connectivity index is 4.55. The van der Waals surface area contributed by atoms with Gasteiger partial charge in [-0.05, 0) is 122 Å². The van der Waals surface area contributed by atoms with Crippen LogP contribution in [0.15, 0.2) is 109 Å². The normalized spacial score (nSPS) is 14.9. The van der Waals surface area contributed by atoms with Crippen molar-refractivity contribution in [3.8, 4) is 0 Å². The van der Waals surface area contributed by atoms with Crippen molar-refractivity contribution in [1.82, 2.24) is 0 Å². The third-order valence-electron chi connectivity index (χ3n) is 13.9. The molecule has 89 heavy (non-hydrogen) atoms. The zero-order valence-corrected chi connectivity index (χ0v) is 57.1. The zero-order chi connectivity index (χ0) is 65.3. The van der Waals surface area contributed by atoms with E-state index in [4.69, 9.17) is 32.3 Å². The molecule has 0 spiro atoms. The molecule has 0 aliphatic rings. The maximum Gasteiger partial charge on any atom is 0.472 e. The highest BCUT2D eigenvalue weighted by molar-refractivity contribution is 7.47. The first-order chi connectivity index (χ1) is 43.2. The van der Waals surface area contributed by atoms with Crippen molar-refractivity contribution < 1.29 is 75.8 Å². The van der Waals surface area contributed by atoms with Crippen molar-refractivity contribution >= 4 is 33.6 Å². The van der Waals surface area contributed by atoms with E-state index in [9.17, 15) is 43.5 Å². The quantitative estimate of drug-likeness (QED) is 0.0146. The van der Waals surface area contributed by atoms with E-state index < -0.39 is 91.5 Å². The minimum absolute atomic E-state index is 0.0824. The Bertz CT molecular complexity index is 2060. The van der Waals surface area contributed by atoms with E-state index in [2.05, 4.69) is 130 Å². The summed E-state index contributed by atoms with van der Waals surface area (Å²) in [5.74, 6) is -1.62. The van der Waals surface area contributed by atoms with Gasteiger partial charge in [-0.25, -0.2) is 9.13 Å². The van der Waals surface area contributed by atoms with E-state index in [-0.39, 0.29) is 19.3 Å². The van der Waals surface area contributed by atoms with Gasteiger partial charge in [-0.2, -0.15) is 0 Å². The molecule has 0 radical (unpaired) electrons. The number of aliphatic hydroxyl groups excluding tert-OH is 2. The van der Waals surface area contributed by atoms with Crippen LogP contribution in [0.5, 0.6) is 0 Å². The number of ether oxygens (including phenoxy) is 3. The van der Waals surface area contributed by atoms with Crippen molar-refractivity contribution in [2.45, 2.75) is 283 Å². The van der Waals surface area contributed by atoms with Gasteiger partial charge < -0.3 is 34.2 Å². The predicted octanol–water partition coefficient (Wildman–Crippen LogP) is 18.9. The number of carbonyl (C=O) groups is 3. The lowest BCUT2D eigenvalue weighted by Crippen LogP contribution is -2.30. The molecule has 5 atom stereocenters. The molecule has 0 rings (SSSR count). The summed E-state index contributed by atoms with van der Waals surface area (Å²) in [6, 6.07) is 0. The van der Waals surface area contributed by atoms with Gasteiger partial charge in [0.2, 0.25) is 0 Å². The lowest BCUT2D eigenvalue weighted by molar-refractivity contribution is -0.161. The van der Waals surface area contributed by atoms with Gasteiger partial charge in [0.25, 0.3) is 0 Å². The molecule has 0 aromatic heterocycles. The van der Waals surface area contributed by atoms with Crippen LogP contribution in [0.25, 0.3) is 0 Å². The highest BCUT2D eigenvalue weighted by Gasteiger charge is 2.29. The molecule has 0 aromatic carbocycles. The van der Waals surface area contributed by atoms with Crippen molar-refractivity contribution in [3.05, 3.63) is 109 Å². The summed E-state index contributed by atoms with van der Waals surface area (Å²) in [6.07, 6.45) is 71.5. The number of esters is 3. The Hall–Kier alpha value is -3.79. The van der Waals surface area contributed by atoms with Crippen molar-refractivity contribution in [2.24, 2.45) is 0 Å². The van der Waals surface area contributed by atoms with Crippen molar-refractivity contribution in [3.63, 3.8) is 0 Å². The van der Waals surface area contributed by atoms with E-state index in [1.165, 1.54) is 51.4 Å². The Labute approximate surface area is 539 Å². The van der Waals surface area contributed by atoms with Crippen LogP contribution in [0.4, 0.5) is 0 Å². The predicted molar refractivity (Wildman–Crippen MR) is 362 cm³/mol. The van der Waals surface area contributed by atoms with Crippen LogP contribution in [-0.4, -0.2) is 95.9 Å². The molecular weight excluding hydrogens is 1170 g/mol. The van der Waals surface area contributed by atoms with Crippen LogP contribution in [0.3, 0.4) is 0 Å². The topological polar surface area (TPSA) is 231 Å². The molecule has 4 N–H and O–H groups in total. The third-order valence-corrected chi connectivity index (χ3v) is 15.8. The molecule has 0 saturated heterocycles. The first-order valence-corrected chi connectivity index (χ1v) is 37.2. The van der Waals surface area contributed by atoms with Gasteiger partial charge in [0.1, 0.15) is 25.4 Å². The monoisotopic (exact) mass is 1290 g/mol. The summed E-state index contributed by atoms with van der Waals surface area (Å²) in [4.78, 5) is 58.3. The average molecular weight is 1290 g/mol. The van der Waals surface area contributed by atoms with Gasteiger partial charge in [-0.3, -0.25) is 32.5 Å². The first kappa shape index (κ1) is 85.2. The van der Waals surface area contributed by atoms with Gasteiger partial charge >= 0.3 is 33.6 Å². The Morgan fingerprint density at radius 2 is 0.618 bits per heavy atom. The lowest BCUT2D eigenvalue weighted by Gasteiger charge is -2.21. The van der Waals surface area contributed by atoms with Gasteiger partial charge in [0.15, 0.2) is 6.10 Å². The SMILES string of the molecule is CC/C=C\C/C=C\C/C=C\CCCCCCCC(=O)OCC(COP(=O)(O)OCC(O)COP(=O)(O)OCC(O)COC(=O)CCCCCCCCCCC/C=C\C/C=C\C/C=C\C/C=C\CCCCC)OC(=O)CCCCCCC/C=C\C/C=C\CCC. The molecule has 0 fully saturated rings. The number of phosphoric acid groups is 2. The molecule has 0 bridgehead atoms. The lowest BCUT2D eigenvalue weighted by atomic mass is 10.1. The minimum Gasteiger partial charge on any atom is -0.463 e. The molecule has 0 heterocycles. The van der Waals surface area contributed by atoms with Crippen molar-refractivity contribution in [1.29, 1.82) is 0 Å². The number of carbonyl (C=O) groups excluding carboxylic acids is 3. The van der Waals surface area contributed by atoms with Crippen LogP contribution in [0, 0.1) is 0 Å². The standard InChI is InChI=1S/C71H122O16P2/c1-4-7-10-13-16-19-22-25-27-28-29-30-31-32-33-34-35-36-38-41-42-45-48-51-54-57-69(74)81-60-66(72)61-83-88(77,78)84-62-67(73)63-85-89(79,80)86-65-68(87-71(76)59-56-53-50-47-44-39-24-21-18-15-12-9-6-3)64-82-70(75)58-55-52-49-46-43-40-37-26-23-20-17-14-11-8-5-2/h8,11-12,15-17,19-21,24-27,29-30,32-33,37,66-68,72-73H,4-7,9-10,13-14,18,22-23,28,31,34-36,38-65H2,1-3H3,(H,77,78)(H,79,80)/b11-8-,15-12-,19-16-,20-17-,24-21-,27-25-,30-29-,33-32-,37-26-. The molecule has 0 aliphatic heterocycles. The molecule has 0 saturated carbocycles. The number of rotatable bonds is 64. The van der Waals surface area contributed by atoms with E-state index in [1.807, 2.05) is 0 Å². The smallest absolute Gasteiger partial charge is 0.463 e. The second-order valence-electron chi connectivity index (χ2n) is 22.6. The van der Waals surface area contributed by atoms with Crippen LogP contribution in [0.1, 0.15) is 265 Å². The van der Waals surface area contributed by atoms with Gasteiger partial charge in [0, 0.05) is 19.3 Å². The van der Waals surface area contributed by atoms with Gasteiger partial charge in [-0.1, -0.05) is 233 Å². The minimum atomic E-state index is -4.93. The van der Waals surface area contributed by atoms with Crippen LogP contribution in [-0.2, 0) is 55.8 Å². The van der Waals surface area contributed by atoms with E-state index in [0.717, 1.165) is 154 Å². The summed E-state index contributed by atoms with van der Waals surface area (Å²) in [5, 5.41) is 20.5. The number of unbranched alkanes of at least 4 members (excludes halogenated alkanes) is 23. The van der Waals surface area contributed by atoms with E-state index >= 15 is 0 Å². The fraction of sp³-hybridized carbons (Fsp3) is 0.704. The maximum atomic E-state index is 12.9. The van der Waals surface area contributed by atoms with Crippen LogP contribution < -0.4 is 0 Å². The molecular formula is C71H122O16P2. The Kier molecular flexibility index (Phi) is 61.6. The summed E-state index contributed by atoms with van der Waals surface area (Å²) < 4.78 is 60.8. The molecule has 0 amide bonds. The first-order valence-electron chi connectivity index (χ1n) is 34.2. The molecule has 512 valence electrons. The summed E-state index contributed by atoms with van der Waals surface area (Å²) in [6.45, 7) is 2.41. The summed E-state index contributed by atoms with van der Waals surface area (Å²) in [5.41, 5.74) is 0. The van der Waals surface area contributed by atoms with Crippen LogP contribution in [0.2, 0.25) is 0 Å². The number of allylic oxidation sites excluding steroid dienone is 18. The summed E-state index contributed by atoms with van der Waals surface area (Å²) >= 11 is 0. The molecule has 5 unspecified atom stereocenters. The van der Waals surface area contributed by atoms with E-state index in [0.29, 0.717) is 19.3 Å². The van der Waals surface area contributed by atoms with E-state index in [1.54, 1.807) is 0 Å². The fourth-order valence-electron chi connectivity index (χ4n) is 8.72. The van der Waals surface area contributed by atoms with Gasteiger partial charge in [0.05, 0.1) is 26.4 Å². The Morgan fingerprint density at radius 3 is 0.989 bits per heavy atom. The number of hydrogen-bond donors (Lipinski definition) is 4. The second-order valence-corrected chi connectivity index (χ2v) is 25.5. The maximum absolute atomic E-state index is 12.9. The highest BCUT2D eigenvalue weighted by Crippen LogP contribution is 2.45. The third kappa shape index (κ3) is 65.5. The van der Waals surface area contributed by atoms with Crippen molar-refractivity contribution in [2.75, 3.05) is 39.6 Å². The average Bonchev–Trinajstić information content (AvgIpc) is 3.62. The molecule has 0 aromatic rings. The summed E-state index contributed by atoms with van der Waals surface area (Å²) in [7, 11) is -9.78. The molecule has 16 nitrogen and oxygen atoms in total. The fourth-order valence-corrected chi connectivity index (χ4v) is 10.3. The Morgan fingerprint density at radius 1 is 0.326 bits per heavy atom.